The van der Waals surface area contributed by atoms with Crippen molar-refractivity contribution in [3.8, 4) is 11.5 Å². The van der Waals surface area contributed by atoms with Crippen molar-refractivity contribution in [2.75, 3.05) is 9.80 Å². The van der Waals surface area contributed by atoms with Crippen LogP contribution >= 0.6 is 0 Å². The molecule has 0 N–H and O–H groups in total. The van der Waals surface area contributed by atoms with E-state index in [1.54, 1.807) is 0 Å². The van der Waals surface area contributed by atoms with Crippen molar-refractivity contribution in [3.63, 3.8) is 0 Å². The van der Waals surface area contributed by atoms with Crippen molar-refractivity contribution in [1.29, 1.82) is 0 Å². The van der Waals surface area contributed by atoms with E-state index in [0.717, 1.165) is 67.6 Å². The van der Waals surface area contributed by atoms with Gasteiger partial charge in [0, 0.05) is 39.2 Å². The second kappa shape index (κ2) is 14.2. The average molecular weight is 827 g/mol. The third kappa shape index (κ3) is 6.83. The molecule has 0 saturated heterocycles. The van der Waals surface area contributed by atoms with Gasteiger partial charge in [0.15, 0.2) is 5.58 Å². The molecule has 5 heteroatoms. The predicted molar refractivity (Wildman–Crippen MR) is 269 cm³/mol. The van der Waals surface area contributed by atoms with E-state index in [9.17, 15) is 0 Å². The highest BCUT2D eigenvalue weighted by Gasteiger charge is 2.45. The quantitative estimate of drug-likeness (QED) is 0.165. The highest BCUT2D eigenvalue weighted by Crippen LogP contribution is 2.49. The lowest BCUT2D eigenvalue weighted by atomic mass is 9.33. The summed E-state index contributed by atoms with van der Waals surface area (Å²) in [5.41, 5.74) is 16.9. The van der Waals surface area contributed by atoms with Gasteiger partial charge in [0.05, 0.1) is 5.69 Å². The fourth-order valence-electron chi connectivity index (χ4n) is 9.72. The van der Waals surface area contributed by atoms with Crippen molar-refractivity contribution in [1.82, 2.24) is 0 Å². The Morgan fingerprint density at radius 1 is 0.476 bits per heavy atom. The zero-order valence-corrected chi connectivity index (χ0v) is 39.1. The first-order chi connectivity index (χ1) is 29.8. The summed E-state index contributed by atoms with van der Waals surface area (Å²) in [4.78, 5) is 4.89. The van der Waals surface area contributed by atoms with E-state index < -0.39 is 0 Å². The monoisotopic (exact) mass is 826 g/mol. The molecule has 0 bridgehead atoms. The molecule has 0 amide bonds. The molecule has 63 heavy (non-hydrogen) atoms. The van der Waals surface area contributed by atoms with Crippen LogP contribution < -0.4 is 30.9 Å². The first-order valence-corrected chi connectivity index (χ1v) is 22.6. The summed E-state index contributed by atoms with van der Waals surface area (Å²) in [6.45, 7) is 27.2. The van der Waals surface area contributed by atoms with Crippen LogP contribution in [0.25, 0.3) is 21.9 Å². The number of furan rings is 1. The van der Waals surface area contributed by atoms with E-state index in [-0.39, 0.29) is 28.4 Å². The molecule has 0 saturated carbocycles. The molecule has 0 aliphatic carbocycles. The van der Waals surface area contributed by atoms with E-state index in [4.69, 9.17) is 9.15 Å². The van der Waals surface area contributed by atoms with Crippen molar-refractivity contribution in [2.45, 2.75) is 105 Å². The number of anilines is 6. The Morgan fingerprint density at radius 3 is 1.59 bits per heavy atom. The van der Waals surface area contributed by atoms with Crippen LogP contribution in [0.15, 0.2) is 144 Å². The van der Waals surface area contributed by atoms with Gasteiger partial charge in [-0.2, -0.15) is 0 Å². The van der Waals surface area contributed by atoms with E-state index in [1.165, 1.54) is 38.6 Å². The Kier molecular flexibility index (Phi) is 9.18. The molecular formula is C58H59BN2O2. The lowest BCUT2D eigenvalue weighted by Gasteiger charge is -2.41. The minimum absolute atomic E-state index is 0.0116. The van der Waals surface area contributed by atoms with E-state index in [0.29, 0.717) is 0 Å². The predicted octanol–water partition coefficient (Wildman–Crippen LogP) is 14.7. The third-order valence-electron chi connectivity index (χ3n) is 13.4. The highest BCUT2D eigenvalue weighted by atomic mass is 16.5. The number of nitrogens with zero attached hydrogens (tertiary/aromatic N) is 2. The Morgan fingerprint density at radius 2 is 1.02 bits per heavy atom. The van der Waals surface area contributed by atoms with Crippen LogP contribution in [0, 0.1) is 0 Å². The Balaban J connectivity index is 1.34. The van der Waals surface area contributed by atoms with E-state index >= 15 is 0 Å². The summed E-state index contributed by atoms with van der Waals surface area (Å²) >= 11 is 0. The molecule has 10 rings (SSSR count). The maximum Gasteiger partial charge on any atom is 0.257 e. The number of ether oxygens (including phenoxy) is 1. The van der Waals surface area contributed by atoms with Crippen LogP contribution in [0.2, 0.25) is 0 Å². The van der Waals surface area contributed by atoms with Crippen molar-refractivity contribution in [2.24, 2.45) is 0 Å². The highest BCUT2D eigenvalue weighted by molar-refractivity contribution is 7.01. The van der Waals surface area contributed by atoms with Gasteiger partial charge < -0.3 is 19.0 Å². The second-order valence-corrected chi connectivity index (χ2v) is 21.9. The first kappa shape index (κ1) is 40.9. The van der Waals surface area contributed by atoms with Gasteiger partial charge in [-0.05, 0) is 127 Å². The zero-order chi connectivity index (χ0) is 44.4. The topological polar surface area (TPSA) is 28.9 Å². The summed E-state index contributed by atoms with van der Waals surface area (Å²) in [6, 6.07) is 51.8. The molecule has 316 valence electrons. The molecule has 2 aliphatic rings. The summed E-state index contributed by atoms with van der Waals surface area (Å²) in [7, 11) is 0. The van der Waals surface area contributed by atoms with Crippen molar-refractivity contribution in [3.05, 3.63) is 162 Å². The van der Waals surface area contributed by atoms with Crippen LogP contribution in [0.5, 0.6) is 11.5 Å². The van der Waals surface area contributed by atoms with Crippen molar-refractivity contribution >= 4 is 79.2 Å². The van der Waals surface area contributed by atoms with Crippen LogP contribution in [0.4, 0.5) is 34.1 Å². The number of fused-ring (bicyclic) bond motifs is 8. The molecule has 0 fully saturated rings. The Labute approximate surface area is 374 Å². The maximum atomic E-state index is 7.23. The van der Waals surface area contributed by atoms with E-state index in [1.807, 2.05) is 0 Å². The van der Waals surface area contributed by atoms with Gasteiger partial charge in [-0.15, -0.1) is 0 Å². The van der Waals surface area contributed by atoms with Gasteiger partial charge in [-0.3, -0.25) is 0 Å². The van der Waals surface area contributed by atoms with Crippen molar-refractivity contribution < 1.29 is 9.15 Å². The molecule has 8 aromatic rings. The minimum atomic E-state index is -0.120. The lowest BCUT2D eigenvalue weighted by molar-refractivity contribution is 0.486. The molecule has 2 aliphatic heterocycles. The van der Waals surface area contributed by atoms with E-state index in [2.05, 4.69) is 232 Å². The third-order valence-corrected chi connectivity index (χ3v) is 13.4. The number of hydrogen-bond donors (Lipinski definition) is 0. The smallest absolute Gasteiger partial charge is 0.257 e. The fourth-order valence-corrected chi connectivity index (χ4v) is 9.72. The SMILES string of the molecule is CC(C)(C)c1ccc(N2c3cccc4c3B(c3cc(C(C)(C)C)ccc3O4)c3c2cc(N(c2ccc(C(C)(C)C)cc2)c2ccc(C(C)(C)C)cc2)c2oc4ccccc4c32)cc1. The van der Waals surface area contributed by atoms with Gasteiger partial charge in [-0.1, -0.05) is 156 Å². The van der Waals surface area contributed by atoms with Crippen LogP contribution in [0.1, 0.15) is 105 Å². The minimum Gasteiger partial charge on any atom is -0.458 e. The summed E-state index contributed by atoms with van der Waals surface area (Å²) in [5.74, 6) is 1.79. The zero-order valence-electron chi connectivity index (χ0n) is 39.1. The maximum absolute atomic E-state index is 7.23. The number of hydrogen-bond acceptors (Lipinski definition) is 4. The molecule has 0 radical (unpaired) electrons. The van der Waals surface area contributed by atoms with Gasteiger partial charge in [0.25, 0.3) is 6.71 Å². The molecule has 4 nitrogen and oxygen atoms in total. The molecule has 7 aromatic carbocycles. The number of para-hydroxylation sites is 1. The van der Waals surface area contributed by atoms with Crippen LogP contribution in [0.3, 0.4) is 0 Å². The molecule has 3 heterocycles. The first-order valence-electron chi connectivity index (χ1n) is 22.6. The molecule has 0 spiro atoms. The Bertz CT molecular complexity index is 3000. The standard InChI is InChI=1S/C58H59BN2O2/c1-55(2,3)36-20-27-40(28-21-36)60(41-29-22-37(23-30-41)56(4,5)6)47-35-46-53(51-43-16-13-14-18-48(43)63-54(47)51)59-44-34-39(58(10,11)12)26-33-49(44)62-50-19-15-17-45(52(50)59)61(46)42-31-24-38(25-32-42)57(7,8)9/h13-35H,1-12H3. The summed E-state index contributed by atoms with van der Waals surface area (Å²) in [5, 5.41) is 2.22. The number of benzene rings is 7. The normalized spacial score (nSPS) is 13.8. The van der Waals surface area contributed by atoms with Gasteiger partial charge in [0.2, 0.25) is 0 Å². The van der Waals surface area contributed by atoms with Gasteiger partial charge >= 0.3 is 0 Å². The van der Waals surface area contributed by atoms with Crippen LogP contribution in [-0.2, 0) is 21.7 Å². The summed E-state index contributed by atoms with van der Waals surface area (Å²) < 4.78 is 14.1. The van der Waals surface area contributed by atoms with Crippen LogP contribution in [-0.4, -0.2) is 6.71 Å². The molecule has 0 unspecified atom stereocenters. The second-order valence-electron chi connectivity index (χ2n) is 21.9. The lowest BCUT2D eigenvalue weighted by Crippen LogP contribution is -2.60. The van der Waals surface area contributed by atoms with Gasteiger partial charge in [-0.25, -0.2) is 0 Å². The summed E-state index contributed by atoms with van der Waals surface area (Å²) in [6.07, 6.45) is 0. The average Bonchev–Trinajstić information content (AvgIpc) is 3.63. The number of rotatable bonds is 4. The largest absolute Gasteiger partial charge is 0.458 e. The van der Waals surface area contributed by atoms with Gasteiger partial charge in [0.1, 0.15) is 17.1 Å². The molecule has 1 aromatic heterocycles. The molecular weight excluding hydrogens is 767 g/mol. The molecule has 0 atom stereocenters. The fraction of sp³-hybridized carbons (Fsp3) is 0.276. The Hall–Kier alpha value is -6.20.